The number of nitrogens with one attached hydrogen (secondary N) is 2. The molecule has 1 saturated carbocycles. The lowest BCUT2D eigenvalue weighted by molar-refractivity contribution is -0.139. The van der Waals surface area contributed by atoms with E-state index in [1.165, 1.54) is 0 Å². The van der Waals surface area contributed by atoms with Gasteiger partial charge >= 0.3 is 12.0 Å². The van der Waals surface area contributed by atoms with Crippen molar-refractivity contribution in [3.8, 4) is 0 Å². The Morgan fingerprint density at radius 2 is 1.68 bits per heavy atom. The Bertz CT molecular complexity index is 317. The average Bonchev–Trinajstić information content (AvgIpc) is 3.08. The largest absolute Gasteiger partial charge is 0.480 e. The average molecular weight is 270 g/mol. The summed E-state index contributed by atoms with van der Waals surface area (Å²) in [4.78, 5) is 22.8. The molecule has 0 bridgehead atoms. The van der Waals surface area contributed by atoms with Crippen molar-refractivity contribution in [1.82, 2.24) is 10.6 Å². The van der Waals surface area contributed by atoms with Crippen LogP contribution in [0.2, 0.25) is 0 Å². The van der Waals surface area contributed by atoms with E-state index >= 15 is 0 Å². The van der Waals surface area contributed by atoms with Crippen molar-refractivity contribution >= 4 is 12.0 Å². The molecular weight excluding hydrogens is 244 g/mol. The first-order valence-electron chi connectivity index (χ1n) is 7.10. The van der Waals surface area contributed by atoms with E-state index in [1.807, 2.05) is 0 Å². The lowest BCUT2D eigenvalue weighted by atomic mass is 9.85. The Hall–Kier alpha value is -1.26. The molecule has 1 fully saturated rings. The van der Waals surface area contributed by atoms with Crippen LogP contribution in [0, 0.1) is 23.7 Å². The van der Waals surface area contributed by atoms with Gasteiger partial charge in [-0.15, -0.1) is 0 Å². The first-order chi connectivity index (χ1) is 8.82. The Morgan fingerprint density at radius 1 is 1.16 bits per heavy atom. The van der Waals surface area contributed by atoms with E-state index in [-0.39, 0.29) is 11.9 Å². The molecular formula is C14H26N2O3. The molecule has 3 N–H and O–H groups in total. The molecule has 5 heteroatoms. The molecule has 0 aromatic carbocycles. The van der Waals surface area contributed by atoms with E-state index in [4.69, 9.17) is 5.11 Å². The van der Waals surface area contributed by atoms with E-state index in [1.54, 1.807) is 0 Å². The highest BCUT2D eigenvalue weighted by Gasteiger charge is 2.37. The van der Waals surface area contributed by atoms with Crippen molar-refractivity contribution in [2.75, 3.05) is 6.54 Å². The molecule has 1 atom stereocenters. The predicted octanol–water partition coefficient (Wildman–Crippen LogP) is 2.08. The third-order valence-corrected chi connectivity index (χ3v) is 3.86. The SMILES string of the molecule is CC(C)C(CNC(=O)NC(C(=O)O)C1CC1)C(C)C. The van der Waals surface area contributed by atoms with Gasteiger partial charge in [0, 0.05) is 6.54 Å². The van der Waals surface area contributed by atoms with Crippen molar-refractivity contribution in [3.63, 3.8) is 0 Å². The summed E-state index contributed by atoms with van der Waals surface area (Å²) < 4.78 is 0. The van der Waals surface area contributed by atoms with Crippen LogP contribution in [0.3, 0.4) is 0 Å². The summed E-state index contributed by atoms with van der Waals surface area (Å²) in [5.74, 6) is 0.532. The van der Waals surface area contributed by atoms with Crippen LogP contribution in [0.4, 0.5) is 4.79 Å². The second kappa shape index (κ2) is 6.78. The molecule has 19 heavy (non-hydrogen) atoms. The van der Waals surface area contributed by atoms with E-state index in [2.05, 4.69) is 38.3 Å². The zero-order chi connectivity index (χ0) is 14.6. The van der Waals surface area contributed by atoms with Crippen molar-refractivity contribution in [2.24, 2.45) is 23.7 Å². The van der Waals surface area contributed by atoms with Crippen LogP contribution >= 0.6 is 0 Å². The Labute approximate surface area is 115 Å². The number of carbonyl (C=O) groups excluding carboxylic acids is 1. The third-order valence-electron chi connectivity index (χ3n) is 3.86. The van der Waals surface area contributed by atoms with Crippen LogP contribution in [0.5, 0.6) is 0 Å². The van der Waals surface area contributed by atoms with Crippen LogP contribution in [-0.4, -0.2) is 29.7 Å². The molecule has 0 radical (unpaired) electrons. The molecule has 1 rings (SSSR count). The number of hydrogen-bond acceptors (Lipinski definition) is 2. The smallest absolute Gasteiger partial charge is 0.326 e. The van der Waals surface area contributed by atoms with E-state index in [0.29, 0.717) is 24.3 Å². The van der Waals surface area contributed by atoms with Gasteiger partial charge in [-0.2, -0.15) is 0 Å². The number of amides is 2. The quantitative estimate of drug-likeness (QED) is 0.662. The van der Waals surface area contributed by atoms with Gasteiger partial charge in [-0.1, -0.05) is 27.7 Å². The molecule has 0 heterocycles. The fraction of sp³-hybridized carbons (Fsp3) is 0.857. The van der Waals surface area contributed by atoms with Gasteiger partial charge in [0.25, 0.3) is 0 Å². The number of aliphatic carboxylic acids is 1. The normalized spacial score (nSPS) is 16.8. The topological polar surface area (TPSA) is 78.4 Å². The number of rotatable bonds is 7. The number of carboxylic acid groups (broad SMARTS) is 1. The van der Waals surface area contributed by atoms with Crippen molar-refractivity contribution in [1.29, 1.82) is 0 Å². The lowest BCUT2D eigenvalue weighted by Crippen LogP contribution is -2.48. The molecule has 0 aromatic heterocycles. The highest BCUT2D eigenvalue weighted by molar-refractivity contribution is 5.83. The van der Waals surface area contributed by atoms with Gasteiger partial charge in [-0.25, -0.2) is 9.59 Å². The maximum Gasteiger partial charge on any atom is 0.326 e. The standard InChI is InChI=1S/C14H26N2O3/c1-8(2)11(9(3)4)7-15-14(19)16-12(13(17)18)10-5-6-10/h8-12H,5-7H2,1-4H3,(H,17,18)(H2,15,16,19). The Kier molecular flexibility index (Phi) is 5.63. The van der Waals surface area contributed by atoms with Crippen LogP contribution < -0.4 is 10.6 Å². The molecule has 0 saturated heterocycles. The third kappa shape index (κ3) is 5.09. The van der Waals surface area contributed by atoms with Gasteiger partial charge in [-0.05, 0) is 36.5 Å². The molecule has 1 aliphatic carbocycles. The maximum atomic E-state index is 11.8. The van der Waals surface area contributed by atoms with Crippen LogP contribution in [0.25, 0.3) is 0 Å². The predicted molar refractivity (Wildman–Crippen MR) is 73.8 cm³/mol. The molecule has 110 valence electrons. The van der Waals surface area contributed by atoms with Gasteiger partial charge in [0.2, 0.25) is 0 Å². The van der Waals surface area contributed by atoms with Gasteiger partial charge in [0.05, 0.1) is 0 Å². The highest BCUT2D eigenvalue weighted by atomic mass is 16.4. The van der Waals surface area contributed by atoms with E-state index < -0.39 is 12.0 Å². The Morgan fingerprint density at radius 3 is 2.05 bits per heavy atom. The van der Waals surface area contributed by atoms with E-state index in [9.17, 15) is 9.59 Å². The summed E-state index contributed by atoms with van der Waals surface area (Å²) >= 11 is 0. The van der Waals surface area contributed by atoms with Gasteiger partial charge in [-0.3, -0.25) is 0 Å². The molecule has 0 spiro atoms. The minimum atomic E-state index is -0.943. The molecule has 0 aliphatic heterocycles. The van der Waals surface area contributed by atoms with Crippen LogP contribution in [0.15, 0.2) is 0 Å². The van der Waals surface area contributed by atoms with Crippen molar-refractivity contribution in [2.45, 2.75) is 46.6 Å². The first kappa shape index (κ1) is 15.8. The number of hydrogen-bond donors (Lipinski definition) is 3. The molecule has 5 nitrogen and oxygen atoms in total. The summed E-state index contributed by atoms with van der Waals surface area (Å²) in [5, 5.41) is 14.4. The fourth-order valence-electron chi connectivity index (χ4n) is 2.45. The molecule has 0 aromatic rings. The minimum Gasteiger partial charge on any atom is -0.480 e. The summed E-state index contributed by atoms with van der Waals surface area (Å²) in [7, 11) is 0. The van der Waals surface area contributed by atoms with Gasteiger partial charge in [0.1, 0.15) is 6.04 Å². The summed E-state index contributed by atoms with van der Waals surface area (Å²) in [6.45, 7) is 9.12. The number of urea groups is 1. The van der Waals surface area contributed by atoms with Gasteiger partial charge in [0.15, 0.2) is 0 Å². The molecule has 2 amide bonds. The summed E-state index contributed by atoms with van der Waals surface area (Å²) in [6.07, 6.45) is 1.77. The fourth-order valence-corrected chi connectivity index (χ4v) is 2.45. The maximum absolute atomic E-state index is 11.8. The van der Waals surface area contributed by atoms with Crippen LogP contribution in [0.1, 0.15) is 40.5 Å². The van der Waals surface area contributed by atoms with E-state index in [0.717, 1.165) is 12.8 Å². The number of carbonyl (C=O) groups is 2. The van der Waals surface area contributed by atoms with Gasteiger partial charge < -0.3 is 15.7 Å². The zero-order valence-electron chi connectivity index (χ0n) is 12.3. The van der Waals surface area contributed by atoms with Crippen molar-refractivity contribution in [3.05, 3.63) is 0 Å². The van der Waals surface area contributed by atoms with Crippen molar-refractivity contribution < 1.29 is 14.7 Å². The lowest BCUT2D eigenvalue weighted by Gasteiger charge is -2.25. The Balaban J connectivity index is 2.39. The first-order valence-corrected chi connectivity index (χ1v) is 7.10. The second-order valence-electron chi connectivity index (χ2n) is 6.16. The zero-order valence-corrected chi connectivity index (χ0v) is 12.3. The monoisotopic (exact) mass is 270 g/mol. The second-order valence-corrected chi connectivity index (χ2v) is 6.16. The highest BCUT2D eigenvalue weighted by Crippen LogP contribution is 2.32. The molecule has 1 aliphatic rings. The number of carboxylic acids is 1. The molecule has 1 unspecified atom stereocenters. The summed E-state index contributed by atoms with van der Waals surface area (Å²) in [6, 6.07) is -1.11. The summed E-state index contributed by atoms with van der Waals surface area (Å²) in [5.41, 5.74) is 0. The van der Waals surface area contributed by atoms with Crippen LogP contribution in [-0.2, 0) is 4.79 Å². The minimum absolute atomic E-state index is 0.106.